The van der Waals surface area contributed by atoms with Gasteiger partial charge in [-0.1, -0.05) is 39.0 Å². The van der Waals surface area contributed by atoms with E-state index in [1.807, 2.05) is 31.2 Å². The molecule has 1 atom stereocenters. The minimum atomic E-state index is -0.257. The maximum Gasteiger partial charge on any atom is 0.222 e. The van der Waals surface area contributed by atoms with Gasteiger partial charge in [0.25, 0.3) is 0 Å². The zero-order valence-electron chi connectivity index (χ0n) is 17.6. The zero-order chi connectivity index (χ0) is 20.7. The smallest absolute Gasteiger partial charge is 0.222 e. The van der Waals surface area contributed by atoms with E-state index in [9.17, 15) is 4.79 Å². The van der Waals surface area contributed by atoms with Crippen LogP contribution in [-0.2, 0) is 4.79 Å². The van der Waals surface area contributed by atoms with Gasteiger partial charge in [0.2, 0.25) is 5.91 Å². The number of carbonyl (C=O) groups excluding carboxylic acids is 1. The van der Waals surface area contributed by atoms with E-state index in [0.29, 0.717) is 23.3 Å². The number of benzene rings is 1. The molecule has 1 aromatic heterocycles. The van der Waals surface area contributed by atoms with Crippen LogP contribution in [0.15, 0.2) is 24.3 Å². The summed E-state index contributed by atoms with van der Waals surface area (Å²) in [4.78, 5) is 16.2. The van der Waals surface area contributed by atoms with Gasteiger partial charge in [-0.15, -0.1) is 0 Å². The number of fused-ring (bicyclic) bond motifs is 1. The topological polar surface area (TPSA) is 89.9 Å². The van der Waals surface area contributed by atoms with Crippen molar-refractivity contribution < 1.29 is 4.79 Å². The van der Waals surface area contributed by atoms with Gasteiger partial charge in [-0.25, -0.2) is 4.98 Å². The lowest BCUT2D eigenvalue weighted by molar-refractivity contribution is -0.117. The summed E-state index contributed by atoms with van der Waals surface area (Å²) in [5.41, 5.74) is 2.47. The Morgan fingerprint density at radius 1 is 1.25 bits per heavy atom. The van der Waals surface area contributed by atoms with Crippen molar-refractivity contribution in [1.29, 1.82) is 5.41 Å². The highest BCUT2D eigenvalue weighted by atomic mass is 16.1. The van der Waals surface area contributed by atoms with Crippen LogP contribution in [0.3, 0.4) is 0 Å². The van der Waals surface area contributed by atoms with Crippen LogP contribution in [0.25, 0.3) is 10.9 Å². The molecule has 0 saturated carbocycles. The van der Waals surface area contributed by atoms with Gasteiger partial charge >= 0.3 is 0 Å². The molecule has 0 saturated heterocycles. The van der Waals surface area contributed by atoms with Crippen LogP contribution < -0.4 is 16.0 Å². The summed E-state index contributed by atoms with van der Waals surface area (Å²) >= 11 is 0. The highest BCUT2D eigenvalue weighted by Gasteiger charge is 2.17. The first-order chi connectivity index (χ1) is 13.3. The number of hydrogen-bond acceptors (Lipinski definition) is 5. The van der Waals surface area contributed by atoms with E-state index < -0.39 is 0 Å². The van der Waals surface area contributed by atoms with Gasteiger partial charge in [-0.3, -0.25) is 10.2 Å². The number of aryl methyl sites for hydroxylation is 1. The molecule has 6 nitrogen and oxygen atoms in total. The van der Waals surface area contributed by atoms with E-state index in [1.165, 1.54) is 6.92 Å². The van der Waals surface area contributed by atoms with Crippen molar-refractivity contribution in [3.05, 3.63) is 35.4 Å². The summed E-state index contributed by atoms with van der Waals surface area (Å²) in [6.07, 6.45) is 2.02. The molecular formula is C22H33N5O. The lowest BCUT2D eigenvalue weighted by atomic mass is 10.0. The Morgan fingerprint density at radius 3 is 2.61 bits per heavy atom. The lowest BCUT2D eigenvalue weighted by Gasteiger charge is -2.20. The minimum absolute atomic E-state index is 0.0794. The van der Waals surface area contributed by atoms with Crippen LogP contribution in [0, 0.1) is 18.3 Å². The molecule has 1 aromatic carbocycles. The lowest BCUT2D eigenvalue weighted by Crippen LogP contribution is -2.33. The Balaban J connectivity index is 2.24. The summed E-state index contributed by atoms with van der Waals surface area (Å²) < 4.78 is 0. The summed E-state index contributed by atoms with van der Waals surface area (Å²) in [6.45, 7) is 11.7. The number of pyridine rings is 1. The second kappa shape index (κ2) is 10.2. The van der Waals surface area contributed by atoms with Gasteiger partial charge in [0, 0.05) is 24.9 Å². The van der Waals surface area contributed by atoms with Crippen molar-refractivity contribution in [3.63, 3.8) is 0 Å². The molecule has 28 heavy (non-hydrogen) atoms. The Bertz CT molecular complexity index is 831. The standard InChI is InChI=1S/C22H33N5O/c1-6-17(25-13-14(2)3)11-12-24-22-20(21(23)26-16(5)28)15(4)18-9-7-8-10-19(18)27-22/h7-10,14,17,25H,6,11-13H2,1-5H3,(H,24,27)(H2,23,26,28). The predicted octanol–water partition coefficient (Wildman–Crippen LogP) is 3.83. The highest BCUT2D eigenvalue weighted by molar-refractivity contribution is 6.11. The average molecular weight is 384 g/mol. The van der Waals surface area contributed by atoms with Crippen molar-refractivity contribution in [1.82, 2.24) is 15.6 Å². The van der Waals surface area contributed by atoms with Gasteiger partial charge in [-0.2, -0.15) is 0 Å². The van der Waals surface area contributed by atoms with Gasteiger partial charge in [0.1, 0.15) is 11.7 Å². The SMILES string of the molecule is CCC(CCNc1nc2ccccc2c(C)c1C(=N)NC(C)=O)NCC(C)C. The first-order valence-corrected chi connectivity index (χ1v) is 10.1. The van der Waals surface area contributed by atoms with E-state index in [1.54, 1.807) is 0 Å². The Labute approximate surface area is 168 Å². The molecular weight excluding hydrogens is 350 g/mol. The fourth-order valence-electron chi connectivity index (χ4n) is 3.27. The zero-order valence-corrected chi connectivity index (χ0v) is 17.6. The van der Waals surface area contributed by atoms with Crippen LogP contribution in [0.5, 0.6) is 0 Å². The number of amidine groups is 1. The van der Waals surface area contributed by atoms with Crippen molar-refractivity contribution in [2.75, 3.05) is 18.4 Å². The maximum absolute atomic E-state index is 11.5. The van der Waals surface area contributed by atoms with E-state index in [0.717, 1.165) is 42.4 Å². The van der Waals surface area contributed by atoms with Crippen LogP contribution in [0.2, 0.25) is 0 Å². The third kappa shape index (κ3) is 5.76. The number of para-hydroxylation sites is 1. The molecule has 152 valence electrons. The maximum atomic E-state index is 11.5. The van der Waals surface area contributed by atoms with Crippen molar-refractivity contribution in [3.8, 4) is 0 Å². The molecule has 1 heterocycles. The summed E-state index contributed by atoms with van der Waals surface area (Å²) in [5, 5.41) is 19.0. The number of carbonyl (C=O) groups is 1. The molecule has 2 aromatic rings. The van der Waals surface area contributed by atoms with Crippen LogP contribution in [-0.4, -0.2) is 35.9 Å². The van der Waals surface area contributed by atoms with E-state index >= 15 is 0 Å². The molecule has 0 spiro atoms. The number of rotatable bonds is 9. The van der Waals surface area contributed by atoms with Crippen molar-refractivity contribution in [2.45, 2.75) is 53.5 Å². The van der Waals surface area contributed by atoms with E-state index in [2.05, 4.69) is 36.7 Å². The largest absolute Gasteiger partial charge is 0.369 e. The third-order valence-electron chi connectivity index (χ3n) is 4.80. The summed E-state index contributed by atoms with van der Waals surface area (Å²) in [7, 11) is 0. The van der Waals surface area contributed by atoms with Crippen LogP contribution in [0.1, 0.15) is 51.7 Å². The molecule has 4 N–H and O–H groups in total. The number of nitrogens with zero attached hydrogens (tertiary/aromatic N) is 1. The van der Waals surface area contributed by atoms with E-state index in [-0.39, 0.29) is 11.7 Å². The van der Waals surface area contributed by atoms with Gasteiger partial charge in [0.15, 0.2) is 0 Å². The number of anilines is 1. The molecule has 0 aliphatic rings. The molecule has 2 rings (SSSR count). The molecule has 1 amide bonds. The van der Waals surface area contributed by atoms with E-state index in [4.69, 9.17) is 10.4 Å². The highest BCUT2D eigenvalue weighted by Crippen LogP contribution is 2.26. The number of hydrogen-bond donors (Lipinski definition) is 4. The fourth-order valence-corrected chi connectivity index (χ4v) is 3.27. The fraction of sp³-hybridized carbons (Fsp3) is 0.500. The number of nitrogens with one attached hydrogen (secondary N) is 4. The summed E-state index contributed by atoms with van der Waals surface area (Å²) in [6, 6.07) is 8.32. The summed E-state index contributed by atoms with van der Waals surface area (Å²) in [5.74, 6) is 1.09. The predicted molar refractivity (Wildman–Crippen MR) is 117 cm³/mol. The van der Waals surface area contributed by atoms with Crippen molar-refractivity contribution >= 4 is 28.5 Å². The second-order valence-corrected chi connectivity index (χ2v) is 7.66. The number of aromatic nitrogens is 1. The number of amides is 1. The normalized spacial score (nSPS) is 12.2. The first-order valence-electron chi connectivity index (χ1n) is 10.1. The second-order valence-electron chi connectivity index (χ2n) is 7.66. The Hall–Kier alpha value is -2.47. The first kappa shape index (κ1) is 21.8. The molecule has 0 aliphatic carbocycles. The Kier molecular flexibility index (Phi) is 7.93. The van der Waals surface area contributed by atoms with Crippen LogP contribution in [0.4, 0.5) is 5.82 Å². The van der Waals surface area contributed by atoms with Gasteiger partial charge in [-0.05, 0) is 43.9 Å². The molecule has 1 unspecified atom stereocenters. The molecule has 0 radical (unpaired) electrons. The minimum Gasteiger partial charge on any atom is -0.369 e. The van der Waals surface area contributed by atoms with Crippen molar-refractivity contribution in [2.24, 2.45) is 5.92 Å². The average Bonchev–Trinajstić information content (AvgIpc) is 2.63. The molecule has 0 aliphatic heterocycles. The van der Waals surface area contributed by atoms with Gasteiger partial charge in [0.05, 0.1) is 11.1 Å². The quantitative estimate of drug-likeness (QED) is 0.391. The molecule has 6 heteroatoms. The van der Waals surface area contributed by atoms with Crippen LogP contribution >= 0.6 is 0 Å². The molecule has 0 bridgehead atoms. The monoisotopic (exact) mass is 383 g/mol. The third-order valence-corrected chi connectivity index (χ3v) is 4.80. The van der Waals surface area contributed by atoms with Gasteiger partial charge < -0.3 is 16.0 Å². The Morgan fingerprint density at radius 2 is 1.96 bits per heavy atom. The molecule has 0 fully saturated rings.